The van der Waals surface area contributed by atoms with Crippen LogP contribution in [-0.2, 0) is 6.54 Å². The fourth-order valence-corrected chi connectivity index (χ4v) is 2.62. The Bertz CT molecular complexity index is 1050. The number of aromatic carboxylic acids is 1. The summed E-state index contributed by atoms with van der Waals surface area (Å²) in [6.45, 7) is 0.0473. The number of amides is 1. The highest BCUT2D eigenvalue weighted by Gasteiger charge is 2.11. The summed E-state index contributed by atoms with van der Waals surface area (Å²) in [6, 6.07) is 10.6. The van der Waals surface area contributed by atoms with E-state index >= 15 is 0 Å². The molecule has 0 saturated carbocycles. The van der Waals surface area contributed by atoms with Gasteiger partial charge in [0.15, 0.2) is 0 Å². The highest BCUT2D eigenvalue weighted by atomic mass is 19.1. The van der Waals surface area contributed by atoms with Gasteiger partial charge in [-0.2, -0.15) is 0 Å². The number of carboxylic acid groups (broad SMARTS) is 1. The highest BCUT2D eigenvalue weighted by Crippen LogP contribution is 2.23. The zero-order valence-corrected chi connectivity index (χ0v) is 14.9. The number of nitrogens with zero attached hydrogens (tertiary/aromatic N) is 1. The average molecular weight is 398 g/mol. The number of carbonyl (C=O) groups is 2. The minimum absolute atomic E-state index is 0.0473. The normalized spacial score (nSPS) is 10.4. The molecule has 0 aliphatic rings. The third-order valence-electron chi connectivity index (χ3n) is 3.98. The Morgan fingerprint density at radius 2 is 1.69 bits per heavy atom. The van der Waals surface area contributed by atoms with Crippen LogP contribution in [0.15, 0.2) is 54.7 Å². The van der Waals surface area contributed by atoms with E-state index in [-0.39, 0.29) is 17.7 Å². The van der Waals surface area contributed by atoms with E-state index < -0.39 is 23.5 Å². The molecule has 9 heteroatoms. The van der Waals surface area contributed by atoms with Gasteiger partial charge in [-0.15, -0.1) is 0 Å². The SMILES string of the molecule is NC(=O)c1cnc(Nc2ccc(C(=O)O)cc2)cc1NCc1cc(F)cc(F)c1. The molecular formula is C20H16F2N4O3. The second-order valence-electron chi connectivity index (χ2n) is 6.12. The molecule has 0 aliphatic heterocycles. The number of hydrogen-bond acceptors (Lipinski definition) is 5. The number of carboxylic acids is 1. The Morgan fingerprint density at radius 3 is 2.28 bits per heavy atom. The van der Waals surface area contributed by atoms with Crippen molar-refractivity contribution in [2.45, 2.75) is 6.54 Å². The van der Waals surface area contributed by atoms with E-state index in [4.69, 9.17) is 10.8 Å². The number of benzene rings is 2. The summed E-state index contributed by atoms with van der Waals surface area (Å²) >= 11 is 0. The Kier molecular flexibility index (Phi) is 5.68. The Hall–Kier alpha value is -4.01. The molecule has 0 saturated heterocycles. The molecule has 1 heterocycles. The van der Waals surface area contributed by atoms with E-state index in [1.54, 1.807) is 12.1 Å². The largest absolute Gasteiger partial charge is 0.478 e. The number of anilines is 3. The van der Waals surface area contributed by atoms with Crippen LogP contribution >= 0.6 is 0 Å². The summed E-state index contributed by atoms with van der Waals surface area (Å²) < 4.78 is 26.7. The Balaban J connectivity index is 1.81. The Morgan fingerprint density at radius 1 is 1.03 bits per heavy atom. The van der Waals surface area contributed by atoms with Gasteiger partial charge in [-0.25, -0.2) is 18.6 Å². The van der Waals surface area contributed by atoms with Gasteiger partial charge in [0, 0.05) is 30.6 Å². The second-order valence-corrected chi connectivity index (χ2v) is 6.12. The van der Waals surface area contributed by atoms with Crippen molar-refractivity contribution in [1.29, 1.82) is 0 Å². The molecule has 29 heavy (non-hydrogen) atoms. The summed E-state index contributed by atoms with van der Waals surface area (Å²) in [5.41, 5.74) is 6.84. The van der Waals surface area contributed by atoms with E-state index in [1.807, 2.05) is 0 Å². The molecule has 5 N–H and O–H groups in total. The van der Waals surface area contributed by atoms with E-state index in [1.165, 1.54) is 36.5 Å². The van der Waals surface area contributed by atoms with E-state index in [9.17, 15) is 18.4 Å². The van der Waals surface area contributed by atoms with E-state index in [0.29, 0.717) is 22.8 Å². The number of nitrogens with two attached hydrogens (primary N) is 1. The average Bonchev–Trinajstić information content (AvgIpc) is 2.66. The lowest BCUT2D eigenvalue weighted by Crippen LogP contribution is -2.15. The summed E-state index contributed by atoms with van der Waals surface area (Å²) in [7, 11) is 0. The van der Waals surface area contributed by atoms with Crippen molar-refractivity contribution in [3.63, 3.8) is 0 Å². The number of pyridine rings is 1. The van der Waals surface area contributed by atoms with Crippen molar-refractivity contribution in [2.75, 3.05) is 10.6 Å². The van der Waals surface area contributed by atoms with Crippen LogP contribution in [-0.4, -0.2) is 22.0 Å². The van der Waals surface area contributed by atoms with E-state index in [0.717, 1.165) is 6.07 Å². The third-order valence-corrected chi connectivity index (χ3v) is 3.98. The predicted octanol–water partition coefficient (Wildman–Crippen LogP) is 3.51. The van der Waals surface area contributed by atoms with Crippen molar-refractivity contribution in [3.8, 4) is 0 Å². The third kappa shape index (κ3) is 5.04. The van der Waals surface area contributed by atoms with Crippen molar-refractivity contribution >= 4 is 29.1 Å². The molecule has 0 fully saturated rings. The summed E-state index contributed by atoms with van der Waals surface area (Å²) in [4.78, 5) is 26.7. The molecule has 0 spiro atoms. The zero-order valence-electron chi connectivity index (χ0n) is 14.9. The lowest BCUT2D eigenvalue weighted by atomic mass is 10.1. The molecule has 0 atom stereocenters. The maximum absolute atomic E-state index is 13.3. The standard InChI is InChI=1S/C20H16F2N4O3/c21-13-5-11(6-14(22)7-13)9-24-17-8-18(25-10-16(17)19(23)27)26-15-3-1-12(2-4-15)20(28)29/h1-8,10H,9H2,(H2,23,27)(H,28,29)(H2,24,25,26). The second kappa shape index (κ2) is 8.34. The van der Waals surface area contributed by atoms with Crippen LogP contribution in [0.25, 0.3) is 0 Å². The monoisotopic (exact) mass is 398 g/mol. The zero-order chi connectivity index (χ0) is 21.0. The topological polar surface area (TPSA) is 117 Å². The molecule has 148 valence electrons. The molecule has 1 amide bonds. The van der Waals surface area contributed by atoms with E-state index in [2.05, 4.69) is 15.6 Å². The maximum Gasteiger partial charge on any atom is 0.335 e. The fourth-order valence-electron chi connectivity index (χ4n) is 2.62. The minimum Gasteiger partial charge on any atom is -0.478 e. The first-order valence-electron chi connectivity index (χ1n) is 8.41. The maximum atomic E-state index is 13.3. The van der Waals surface area contributed by atoms with Gasteiger partial charge in [-0.05, 0) is 42.0 Å². The number of aromatic nitrogens is 1. The van der Waals surface area contributed by atoms with Gasteiger partial charge >= 0.3 is 5.97 Å². The molecule has 0 bridgehead atoms. The van der Waals surface area contributed by atoms with Crippen LogP contribution < -0.4 is 16.4 Å². The number of carbonyl (C=O) groups excluding carboxylic acids is 1. The van der Waals surface area contributed by atoms with Crippen LogP contribution in [0.2, 0.25) is 0 Å². The Labute approximate surface area is 164 Å². The predicted molar refractivity (Wildman–Crippen MR) is 103 cm³/mol. The molecule has 2 aromatic carbocycles. The van der Waals surface area contributed by atoms with Crippen LogP contribution in [0.1, 0.15) is 26.3 Å². The van der Waals surface area contributed by atoms with Gasteiger partial charge in [0.25, 0.3) is 5.91 Å². The van der Waals surface area contributed by atoms with Gasteiger partial charge in [0.2, 0.25) is 0 Å². The van der Waals surface area contributed by atoms with Crippen LogP contribution in [0.3, 0.4) is 0 Å². The fraction of sp³-hybridized carbons (Fsp3) is 0.0500. The van der Waals surface area contributed by atoms with Gasteiger partial charge in [-0.1, -0.05) is 0 Å². The molecule has 0 unspecified atom stereocenters. The van der Waals surface area contributed by atoms with Crippen molar-refractivity contribution in [2.24, 2.45) is 5.73 Å². The van der Waals surface area contributed by atoms with Gasteiger partial charge in [0.05, 0.1) is 16.8 Å². The first-order chi connectivity index (χ1) is 13.8. The number of halogens is 2. The first-order valence-corrected chi connectivity index (χ1v) is 8.41. The van der Waals surface area contributed by atoms with Crippen LogP contribution in [0.4, 0.5) is 26.0 Å². The molecular weight excluding hydrogens is 382 g/mol. The molecule has 1 aromatic heterocycles. The molecule has 7 nitrogen and oxygen atoms in total. The molecule has 0 aliphatic carbocycles. The highest BCUT2D eigenvalue weighted by molar-refractivity contribution is 5.98. The molecule has 3 rings (SSSR count). The van der Waals surface area contributed by atoms with Gasteiger partial charge in [-0.3, -0.25) is 4.79 Å². The number of nitrogens with one attached hydrogen (secondary N) is 2. The van der Waals surface area contributed by atoms with Crippen LogP contribution in [0, 0.1) is 11.6 Å². The number of rotatable bonds is 7. The smallest absolute Gasteiger partial charge is 0.335 e. The summed E-state index contributed by atoms with van der Waals surface area (Å²) in [5, 5.41) is 14.8. The summed E-state index contributed by atoms with van der Waals surface area (Å²) in [5.74, 6) is -2.83. The van der Waals surface area contributed by atoms with Crippen molar-refractivity contribution in [1.82, 2.24) is 4.98 Å². The quantitative estimate of drug-likeness (QED) is 0.484. The van der Waals surface area contributed by atoms with Crippen molar-refractivity contribution in [3.05, 3.63) is 83.1 Å². The summed E-state index contributed by atoms with van der Waals surface area (Å²) in [6.07, 6.45) is 1.27. The minimum atomic E-state index is -1.04. The number of hydrogen-bond donors (Lipinski definition) is 4. The van der Waals surface area contributed by atoms with Crippen LogP contribution in [0.5, 0.6) is 0 Å². The van der Waals surface area contributed by atoms with Crippen molar-refractivity contribution < 1.29 is 23.5 Å². The molecule has 3 aromatic rings. The lowest BCUT2D eigenvalue weighted by Gasteiger charge is -2.13. The van der Waals surface area contributed by atoms with Gasteiger partial charge in [0.1, 0.15) is 17.5 Å². The first kappa shape index (κ1) is 19.7. The number of primary amides is 1. The van der Waals surface area contributed by atoms with Gasteiger partial charge < -0.3 is 21.5 Å². The molecule has 0 radical (unpaired) electrons. The lowest BCUT2D eigenvalue weighted by molar-refractivity contribution is 0.0696.